The van der Waals surface area contributed by atoms with Crippen LogP contribution >= 0.6 is 0 Å². The molecule has 1 aromatic carbocycles. The molecule has 0 unspecified atom stereocenters. The van der Waals surface area contributed by atoms with Crippen LogP contribution in [-0.2, 0) is 16.1 Å². The van der Waals surface area contributed by atoms with E-state index in [0.29, 0.717) is 31.5 Å². The van der Waals surface area contributed by atoms with Gasteiger partial charge in [-0.25, -0.2) is 9.67 Å². The summed E-state index contributed by atoms with van der Waals surface area (Å²) in [5.74, 6) is -0.328. The highest BCUT2D eigenvalue weighted by atomic mass is 16.5. The molecule has 2 rings (SSSR count). The van der Waals surface area contributed by atoms with Crippen LogP contribution in [0.3, 0.4) is 0 Å². The number of carbonyl (C=O) groups is 2. The Balaban J connectivity index is 1.87. The molecule has 0 spiro atoms. The molecule has 23 heavy (non-hydrogen) atoms. The second-order valence-electron chi connectivity index (χ2n) is 5.20. The van der Waals surface area contributed by atoms with Gasteiger partial charge >= 0.3 is 5.97 Å². The normalized spacial score (nSPS) is 10.3. The summed E-state index contributed by atoms with van der Waals surface area (Å²) in [5.41, 5.74) is 1.66. The molecule has 0 fully saturated rings. The standard InChI is InChI=1S/C16H20N4O3/c1-19(9-3-4-15(21)23-2)16(22)14-7-5-13(6-8-14)10-20-12-17-11-18-20/h5-8,11-12H,3-4,9-10H2,1-2H3. The minimum absolute atomic E-state index is 0.0674. The Morgan fingerprint density at radius 2 is 2.00 bits per heavy atom. The van der Waals surface area contributed by atoms with Gasteiger partial charge in [-0.15, -0.1) is 0 Å². The number of hydrogen-bond donors (Lipinski definition) is 0. The summed E-state index contributed by atoms with van der Waals surface area (Å²) in [4.78, 5) is 28.9. The van der Waals surface area contributed by atoms with Gasteiger partial charge in [-0.05, 0) is 24.1 Å². The number of nitrogens with zero attached hydrogens (tertiary/aromatic N) is 4. The van der Waals surface area contributed by atoms with E-state index in [1.165, 1.54) is 13.4 Å². The third-order valence-corrected chi connectivity index (χ3v) is 3.46. The molecule has 7 heteroatoms. The van der Waals surface area contributed by atoms with Crippen molar-refractivity contribution < 1.29 is 14.3 Å². The van der Waals surface area contributed by atoms with Crippen LogP contribution in [0.25, 0.3) is 0 Å². The SMILES string of the molecule is COC(=O)CCCN(C)C(=O)c1ccc(Cn2cncn2)cc1. The lowest BCUT2D eigenvalue weighted by Gasteiger charge is -2.17. The summed E-state index contributed by atoms with van der Waals surface area (Å²) in [6.45, 7) is 1.12. The van der Waals surface area contributed by atoms with Crippen molar-refractivity contribution in [2.45, 2.75) is 19.4 Å². The average molecular weight is 316 g/mol. The van der Waals surface area contributed by atoms with E-state index in [4.69, 9.17) is 0 Å². The minimum Gasteiger partial charge on any atom is -0.469 e. The molecule has 0 aliphatic heterocycles. The van der Waals surface area contributed by atoms with Crippen LogP contribution in [0.15, 0.2) is 36.9 Å². The van der Waals surface area contributed by atoms with E-state index in [-0.39, 0.29) is 11.9 Å². The van der Waals surface area contributed by atoms with E-state index in [1.54, 1.807) is 35.1 Å². The maximum Gasteiger partial charge on any atom is 0.305 e. The third kappa shape index (κ3) is 4.91. The lowest BCUT2D eigenvalue weighted by Crippen LogP contribution is -2.28. The number of ether oxygens (including phenoxy) is 1. The molecule has 1 aromatic heterocycles. The van der Waals surface area contributed by atoms with Gasteiger partial charge in [-0.1, -0.05) is 12.1 Å². The molecule has 0 radical (unpaired) electrons. The van der Waals surface area contributed by atoms with E-state index < -0.39 is 0 Å². The van der Waals surface area contributed by atoms with Crippen molar-refractivity contribution in [3.8, 4) is 0 Å². The van der Waals surface area contributed by atoms with Gasteiger partial charge in [0.15, 0.2) is 0 Å². The summed E-state index contributed by atoms with van der Waals surface area (Å²) >= 11 is 0. The van der Waals surface area contributed by atoms with Gasteiger partial charge in [0.25, 0.3) is 5.91 Å². The fourth-order valence-corrected chi connectivity index (χ4v) is 2.14. The Bertz CT molecular complexity index is 638. The van der Waals surface area contributed by atoms with Crippen molar-refractivity contribution in [1.29, 1.82) is 0 Å². The second-order valence-corrected chi connectivity index (χ2v) is 5.20. The highest BCUT2D eigenvalue weighted by Crippen LogP contribution is 2.09. The van der Waals surface area contributed by atoms with Crippen LogP contribution in [0, 0.1) is 0 Å². The molecule has 0 N–H and O–H groups in total. The quantitative estimate of drug-likeness (QED) is 0.721. The number of carbonyl (C=O) groups excluding carboxylic acids is 2. The highest BCUT2D eigenvalue weighted by Gasteiger charge is 2.12. The third-order valence-electron chi connectivity index (χ3n) is 3.46. The van der Waals surface area contributed by atoms with Crippen molar-refractivity contribution in [2.24, 2.45) is 0 Å². The van der Waals surface area contributed by atoms with Crippen LogP contribution in [0.4, 0.5) is 0 Å². The van der Waals surface area contributed by atoms with Crippen molar-refractivity contribution >= 4 is 11.9 Å². The van der Waals surface area contributed by atoms with Crippen LogP contribution < -0.4 is 0 Å². The molecule has 0 atom stereocenters. The summed E-state index contributed by atoms with van der Waals surface area (Å²) in [7, 11) is 3.08. The van der Waals surface area contributed by atoms with Gasteiger partial charge in [-0.3, -0.25) is 9.59 Å². The minimum atomic E-state index is -0.261. The number of aromatic nitrogens is 3. The Hall–Kier alpha value is -2.70. The Labute approximate surface area is 134 Å². The number of hydrogen-bond acceptors (Lipinski definition) is 5. The molecule has 0 aliphatic rings. The van der Waals surface area contributed by atoms with E-state index in [2.05, 4.69) is 14.8 Å². The molecule has 122 valence electrons. The van der Waals surface area contributed by atoms with Gasteiger partial charge in [0.1, 0.15) is 12.7 Å². The molecule has 0 aliphatic carbocycles. The number of benzene rings is 1. The first-order valence-electron chi connectivity index (χ1n) is 7.34. The first-order chi connectivity index (χ1) is 11.1. The van der Waals surface area contributed by atoms with Gasteiger partial charge in [0.05, 0.1) is 13.7 Å². The molecule has 0 saturated heterocycles. The van der Waals surface area contributed by atoms with E-state index in [1.807, 2.05) is 12.1 Å². The van der Waals surface area contributed by atoms with E-state index in [0.717, 1.165) is 5.56 Å². The first kappa shape index (κ1) is 16.7. The second kappa shape index (κ2) is 8.07. The topological polar surface area (TPSA) is 77.3 Å². The summed E-state index contributed by atoms with van der Waals surface area (Å²) in [6.07, 6.45) is 4.03. The lowest BCUT2D eigenvalue weighted by atomic mass is 10.1. The van der Waals surface area contributed by atoms with Crippen LogP contribution in [0.1, 0.15) is 28.8 Å². The van der Waals surface area contributed by atoms with Crippen molar-refractivity contribution in [2.75, 3.05) is 20.7 Å². The molecular formula is C16H20N4O3. The van der Waals surface area contributed by atoms with E-state index >= 15 is 0 Å². The lowest BCUT2D eigenvalue weighted by molar-refractivity contribution is -0.140. The summed E-state index contributed by atoms with van der Waals surface area (Å²) in [5, 5.41) is 4.04. The largest absolute Gasteiger partial charge is 0.469 e. The number of esters is 1. The Morgan fingerprint density at radius 1 is 1.26 bits per heavy atom. The Kier molecular flexibility index (Phi) is 5.85. The zero-order chi connectivity index (χ0) is 16.7. The molecule has 2 aromatic rings. The summed E-state index contributed by atoms with van der Waals surface area (Å²) in [6, 6.07) is 7.39. The zero-order valence-electron chi connectivity index (χ0n) is 13.3. The number of rotatable bonds is 7. The molecule has 7 nitrogen and oxygen atoms in total. The number of amides is 1. The molecule has 1 amide bonds. The van der Waals surface area contributed by atoms with Crippen molar-refractivity contribution in [3.63, 3.8) is 0 Å². The van der Waals surface area contributed by atoms with Gasteiger partial charge in [0, 0.05) is 25.6 Å². The maximum absolute atomic E-state index is 12.3. The van der Waals surface area contributed by atoms with Gasteiger partial charge in [-0.2, -0.15) is 5.10 Å². The monoisotopic (exact) mass is 316 g/mol. The van der Waals surface area contributed by atoms with E-state index in [9.17, 15) is 9.59 Å². The predicted octanol–water partition coefficient (Wildman–Crippen LogP) is 1.35. The van der Waals surface area contributed by atoms with Gasteiger partial charge < -0.3 is 9.64 Å². The van der Waals surface area contributed by atoms with Gasteiger partial charge in [0.2, 0.25) is 0 Å². The summed E-state index contributed by atoms with van der Waals surface area (Å²) < 4.78 is 6.30. The Morgan fingerprint density at radius 3 is 2.61 bits per heavy atom. The molecule has 1 heterocycles. The molecular weight excluding hydrogens is 296 g/mol. The average Bonchev–Trinajstić information content (AvgIpc) is 3.07. The highest BCUT2D eigenvalue weighted by molar-refractivity contribution is 5.94. The van der Waals surface area contributed by atoms with Crippen molar-refractivity contribution in [1.82, 2.24) is 19.7 Å². The van der Waals surface area contributed by atoms with Crippen LogP contribution in [-0.4, -0.2) is 52.2 Å². The predicted molar refractivity (Wildman–Crippen MR) is 83.8 cm³/mol. The maximum atomic E-state index is 12.3. The van der Waals surface area contributed by atoms with Crippen molar-refractivity contribution in [3.05, 3.63) is 48.0 Å². The fraction of sp³-hybridized carbons (Fsp3) is 0.375. The van der Waals surface area contributed by atoms with Crippen LogP contribution in [0.2, 0.25) is 0 Å². The fourth-order valence-electron chi connectivity index (χ4n) is 2.14. The number of methoxy groups -OCH3 is 1. The first-order valence-corrected chi connectivity index (χ1v) is 7.34. The molecule has 0 bridgehead atoms. The smallest absolute Gasteiger partial charge is 0.305 e. The van der Waals surface area contributed by atoms with Crippen LogP contribution in [0.5, 0.6) is 0 Å². The zero-order valence-corrected chi connectivity index (χ0v) is 13.3. The molecule has 0 saturated carbocycles.